The molecule has 2 aromatic carbocycles. The van der Waals surface area contributed by atoms with Crippen LogP contribution in [0.25, 0.3) is 6.08 Å². The van der Waals surface area contributed by atoms with E-state index in [4.69, 9.17) is 33.0 Å². The molecule has 0 bridgehead atoms. The smallest absolute Gasteiger partial charge is 0.341 e. The molecular formula is C19H11Br2Cl2NO5S. The van der Waals surface area contributed by atoms with E-state index < -0.39 is 23.7 Å². The Morgan fingerprint density at radius 1 is 1.20 bits per heavy atom. The van der Waals surface area contributed by atoms with E-state index in [0.717, 1.165) is 16.7 Å². The minimum Gasteiger partial charge on any atom is -0.480 e. The SMILES string of the molecule is O=C(O)COc1c(Br)cc(Br)cc1/C=C1\SC(=O)N(Cc2c(Cl)cccc2Cl)C1=O. The lowest BCUT2D eigenvalue weighted by atomic mass is 10.1. The van der Waals surface area contributed by atoms with Crippen molar-refractivity contribution in [3.8, 4) is 5.75 Å². The molecule has 30 heavy (non-hydrogen) atoms. The second-order valence-corrected chi connectivity index (χ2v) is 9.53. The molecule has 2 aromatic rings. The first-order valence-electron chi connectivity index (χ1n) is 8.19. The molecule has 0 aromatic heterocycles. The van der Waals surface area contributed by atoms with E-state index in [0.29, 0.717) is 30.1 Å². The minimum atomic E-state index is -1.15. The van der Waals surface area contributed by atoms with Crippen molar-refractivity contribution in [2.75, 3.05) is 6.61 Å². The fourth-order valence-electron chi connectivity index (χ4n) is 2.59. The molecule has 0 radical (unpaired) electrons. The highest BCUT2D eigenvalue weighted by Crippen LogP contribution is 2.39. The summed E-state index contributed by atoms with van der Waals surface area (Å²) in [5, 5.41) is 9.13. The van der Waals surface area contributed by atoms with Crippen LogP contribution in [0.2, 0.25) is 10.0 Å². The molecule has 11 heteroatoms. The molecule has 1 heterocycles. The topological polar surface area (TPSA) is 83.9 Å². The van der Waals surface area contributed by atoms with E-state index >= 15 is 0 Å². The Hall–Kier alpha value is -1.52. The van der Waals surface area contributed by atoms with E-state index in [9.17, 15) is 14.4 Å². The molecule has 1 aliphatic heterocycles. The highest BCUT2D eigenvalue weighted by atomic mass is 79.9. The standard InChI is InChI=1S/C19H11Br2Cl2NO5S/c20-10-4-9(17(12(21)6-10)29-8-16(25)26)5-15-18(27)24(19(28)30-15)7-11-13(22)2-1-3-14(11)23/h1-6H,7-8H2,(H,25,26)/b15-5-. The summed E-state index contributed by atoms with van der Waals surface area (Å²) in [6.45, 7) is -0.626. The zero-order chi connectivity index (χ0) is 22.0. The number of ether oxygens (including phenoxy) is 1. The van der Waals surface area contributed by atoms with E-state index in [1.165, 1.54) is 6.08 Å². The summed E-state index contributed by atoms with van der Waals surface area (Å²) in [7, 11) is 0. The summed E-state index contributed by atoms with van der Waals surface area (Å²) in [5.74, 6) is -1.42. The number of carbonyl (C=O) groups excluding carboxylic acids is 2. The van der Waals surface area contributed by atoms with Gasteiger partial charge in [-0.05, 0) is 58.0 Å². The Balaban J connectivity index is 1.93. The van der Waals surface area contributed by atoms with Gasteiger partial charge in [-0.15, -0.1) is 0 Å². The summed E-state index contributed by atoms with van der Waals surface area (Å²) < 4.78 is 6.51. The molecule has 1 fully saturated rings. The maximum Gasteiger partial charge on any atom is 0.341 e. The number of carboxylic acids is 1. The molecule has 0 aliphatic carbocycles. The number of halogens is 4. The number of carbonyl (C=O) groups is 3. The first-order chi connectivity index (χ1) is 14.2. The van der Waals surface area contributed by atoms with Crippen molar-refractivity contribution in [2.45, 2.75) is 6.54 Å². The van der Waals surface area contributed by atoms with Gasteiger partial charge in [-0.1, -0.05) is 45.2 Å². The third-order valence-corrected chi connectivity index (χ3v) is 6.58. The Morgan fingerprint density at radius 3 is 2.50 bits per heavy atom. The monoisotopic (exact) mass is 593 g/mol. The number of benzene rings is 2. The Kier molecular flexibility index (Phi) is 7.52. The Labute approximate surface area is 202 Å². The van der Waals surface area contributed by atoms with Crippen LogP contribution in [0, 0.1) is 0 Å². The van der Waals surface area contributed by atoms with E-state index in [-0.39, 0.29) is 17.2 Å². The second-order valence-electron chi connectivity index (χ2n) is 5.96. The quantitative estimate of drug-likeness (QED) is 0.399. The maximum atomic E-state index is 12.9. The predicted molar refractivity (Wildman–Crippen MR) is 123 cm³/mol. The molecular weight excluding hydrogens is 585 g/mol. The lowest BCUT2D eigenvalue weighted by Crippen LogP contribution is -2.27. The predicted octanol–water partition coefficient (Wildman–Crippen LogP) is 6.22. The lowest BCUT2D eigenvalue weighted by Gasteiger charge is -2.15. The number of amides is 2. The zero-order valence-corrected chi connectivity index (χ0v) is 20.3. The van der Waals surface area contributed by atoms with Crippen molar-refractivity contribution in [1.29, 1.82) is 0 Å². The Bertz CT molecular complexity index is 1070. The zero-order valence-electron chi connectivity index (χ0n) is 14.8. The third-order valence-electron chi connectivity index (χ3n) is 3.92. The summed E-state index contributed by atoms with van der Waals surface area (Å²) in [5.41, 5.74) is 0.902. The number of thioether (sulfide) groups is 1. The minimum absolute atomic E-state index is 0.0644. The van der Waals surface area contributed by atoms with Gasteiger partial charge in [0.15, 0.2) is 6.61 Å². The molecule has 1 N–H and O–H groups in total. The number of hydrogen-bond donors (Lipinski definition) is 1. The largest absolute Gasteiger partial charge is 0.480 e. The van der Waals surface area contributed by atoms with E-state index in [2.05, 4.69) is 31.9 Å². The number of imide groups is 1. The van der Waals surface area contributed by atoms with Crippen LogP contribution in [0.4, 0.5) is 4.79 Å². The number of aliphatic carboxylic acids is 1. The van der Waals surface area contributed by atoms with Crippen LogP contribution >= 0.6 is 66.8 Å². The van der Waals surface area contributed by atoms with Gasteiger partial charge < -0.3 is 9.84 Å². The fraction of sp³-hybridized carbons (Fsp3) is 0.105. The van der Waals surface area contributed by atoms with Gasteiger partial charge in [0, 0.05) is 25.6 Å². The van der Waals surface area contributed by atoms with Crippen LogP contribution in [0.3, 0.4) is 0 Å². The van der Waals surface area contributed by atoms with Gasteiger partial charge in [0.1, 0.15) is 5.75 Å². The molecule has 6 nitrogen and oxygen atoms in total. The summed E-state index contributed by atoms with van der Waals surface area (Å²) in [6.07, 6.45) is 1.48. The van der Waals surface area contributed by atoms with Crippen LogP contribution in [0.15, 0.2) is 44.2 Å². The maximum absolute atomic E-state index is 12.9. The van der Waals surface area contributed by atoms with Gasteiger partial charge in [-0.3, -0.25) is 14.5 Å². The highest BCUT2D eigenvalue weighted by molar-refractivity contribution is 9.11. The van der Waals surface area contributed by atoms with Gasteiger partial charge in [0.05, 0.1) is 15.9 Å². The average Bonchev–Trinajstić information content (AvgIpc) is 2.90. The normalized spacial score (nSPS) is 15.2. The molecule has 0 atom stereocenters. The summed E-state index contributed by atoms with van der Waals surface area (Å²) in [4.78, 5) is 37.4. The molecule has 0 unspecified atom stereocenters. The molecule has 2 amide bonds. The van der Waals surface area contributed by atoms with Crippen molar-refractivity contribution in [3.05, 3.63) is 65.4 Å². The van der Waals surface area contributed by atoms with Crippen molar-refractivity contribution in [1.82, 2.24) is 4.90 Å². The van der Waals surface area contributed by atoms with Gasteiger partial charge >= 0.3 is 5.97 Å². The molecule has 1 saturated heterocycles. The number of carboxylic acid groups (broad SMARTS) is 1. The Morgan fingerprint density at radius 2 is 1.87 bits per heavy atom. The van der Waals surface area contributed by atoms with Crippen LogP contribution in [-0.4, -0.2) is 33.7 Å². The number of rotatable bonds is 6. The van der Waals surface area contributed by atoms with E-state index in [1.54, 1.807) is 30.3 Å². The van der Waals surface area contributed by atoms with Crippen LogP contribution < -0.4 is 4.74 Å². The summed E-state index contributed by atoms with van der Waals surface area (Å²) in [6, 6.07) is 8.26. The van der Waals surface area contributed by atoms with Crippen molar-refractivity contribution in [3.63, 3.8) is 0 Å². The van der Waals surface area contributed by atoms with Gasteiger partial charge in [0.25, 0.3) is 11.1 Å². The van der Waals surface area contributed by atoms with Gasteiger partial charge in [0.2, 0.25) is 0 Å². The summed E-state index contributed by atoms with van der Waals surface area (Å²) >= 11 is 19.7. The first kappa shape index (κ1) is 23.1. The number of nitrogens with zero attached hydrogens (tertiary/aromatic N) is 1. The third kappa shape index (κ3) is 5.20. The second kappa shape index (κ2) is 9.74. The molecule has 156 valence electrons. The van der Waals surface area contributed by atoms with Crippen molar-refractivity contribution in [2.24, 2.45) is 0 Å². The lowest BCUT2D eigenvalue weighted by molar-refractivity contribution is -0.139. The molecule has 3 rings (SSSR count). The number of hydrogen-bond acceptors (Lipinski definition) is 5. The van der Waals surface area contributed by atoms with Crippen molar-refractivity contribution >= 4 is 90.0 Å². The van der Waals surface area contributed by atoms with Crippen molar-refractivity contribution < 1.29 is 24.2 Å². The van der Waals surface area contributed by atoms with Gasteiger partial charge in [-0.25, -0.2) is 4.79 Å². The van der Waals surface area contributed by atoms with Crippen LogP contribution in [0.1, 0.15) is 11.1 Å². The van der Waals surface area contributed by atoms with E-state index in [1.807, 2.05) is 0 Å². The molecule has 0 spiro atoms. The molecule has 0 saturated carbocycles. The van der Waals surface area contributed by atoms with Crippen LogP contribution in [-0.2, 0) is 16.1 Å². The fourth-order valence-corrected chi connectivity index (χ4v) is 5.31. The highest BCUT2D eigenvalue weighted by Gasteiger charge is 2.36. The first-order valence-corrected chi connectivity index (χ1v) is 11.3. The molecule has 1 aliphatic rings. The van der Waals surface area contributed by atoms with Crippen LogP contribution in [0.5, 0.6) is 5.75 Å². The average molecular weight is 596 g/mol. The van der Waals surface area contributed by atoms with Gasteiger partial charge in [-0.2, -0.15) is 0 Å².